The van der Waals surface area contributed by atoms with Crippen LogP contribution >= 0.6 is 0 Å². The van der Waals surface area contributed by atoms with Gasteiger partial charge in [-0.15, -0.1) is 0 Å². The van der Waals surface area contributed by atoms with Crippen molar-refractivity contribution in [1.82, 2.24) is 0 Å². The molecule has 0 spiro atoms. The highest BCUT2D eigenvalue weighted by atomic mass is 32.2. The van der Waals surface area contributed by atoms with E-state index in [1.165, 1.54) is 6.07 Å². The number of sulfone groups is 1. The zero-order valence-corrected chi connectivity index (χ0v) is 11.4. The third-order valence-electron chi connectivity index (χ3n) is 2.96. The standard InChI is InChI=1S/C13H15NO4S/c1-2-19(15,16)11-6-3-5-10(9-14)12(11)13-17-7-4-8-18-13/h3,5-6,13H,2,4,7-8H2,1H3. The molecule has 0 atom stereocenters. The third kappa shape index (κ3) is 2.78. The van der Waals surface area contributed by atoms with E-state index in [9.17, 15) is 8.42 Å². The van der Waals surface area contributed by atoms with Gasteiger partial charge in [0.15, 0.2) is 16.1 Å². The topological polar surface area (TPSA) is 76.4 Å². The second-order valence-corrected chi connectivity index (χ2v) is 6.41. The summed E-state index contributed by atoms with van der Waals surface area (Å²) in [7, 11) is -3.42. The molecule has 1 heterocycles. The van der Waals surface area contributed by atoms with Crippen molar-refractivity contribution in [3.63, 3.8) is 0 Å². The fourth-order valence-electron chi connectivity index (χ4n) is 1.97. The van der Waals surface area contributed by atoms with Crippen molar-refractivity contribution in [2.45, 2.75) is 24.5 Å². The highest BCUT2D eigenvalue weighted by molar-refractivity contribution is 7.91. The lowest BCUT2D eigenvalue weighted by Crippen LogP contribution is -2.21. The van der Waals surface area contributed by atoms with E-state index in [2.05, 4.69) is 0 Å². The van der Waals surface area contributed by atoms with Gasteiger partial charge in [-0.3, -0.25) is 0 Å². The fourth-order valence-corrected chi connectivity index (χ4v) is 3.10. The molecule has 1 aliphatic rings. The van der Waals surface area contributed by atoms with E-state index < -0.39 is 16.1 Å². The average Bonchev–Trinajstić information content (AvgIpc) is 2.47. The van der Waals surface area contributed by atoms with Crippen LogP contribution in [0, 0.1) is 11.3 Å². The Labute approximate surface area is 112 Å². The predicted molar refractivity (Wildman–Crippen MR) is 68.1 cm³/mol. The Morgan fingerprint density at radius 1 is 1.37 bits per heavy atom. The minimum atomic E-state index is -3.42. The normalized spacial score (nSPS) is 17.1. The number of nitrogens with zero attached hydrogens (tertiary/aromatic N) is 1. The van der Waals surface area contributed by atoms with Gasteiger partial charge in [-0.2, -0.15) is 5.26 Å². The zero-order chi connectivity index (χ0) is 13.9. The first-order chi connectivity index (χ1) is 9.10. The molecule has 0 unspecified atom stereocenters. The number of rotatable bonds is 3. The van der Waals surface area contributed by atoms with Crippen LogP contribution in [-0.2, 0) is 19.3 Å². The molecule has 19 heavy (non-hydrogen) atoms. The van der Waals surface area contributed by atoms with Gasteiger partial charge in [0.2, 0.25) is 0 Å². The molecular weight excluding hydrogens is 266 g/mol. The largest absolute Gasteiger partial charge is 0.348 e. The van der Waals surface area contributed by atoms with Crippen LogP contribution in [0.2, 0.25) is 0 Å². The Morgan fingerprint density at radius 2 is 2.05 bits per heavy atom. The molecule has 1 aromatic rings. The quantitative estimate of drug-likeness (QED) is 0.844. The van der Waals surface area contributed by atoms with E-state index in [1.807, 2.05) is 6.07 Å². The fraction of sp³-hybridized carbons (Fsp3) is 0.462. The van der Waals surface area contributed by atoms with E-state index in [4.69, 9.17) is 14.7 Å². The summed E-state index contributed by atoms with van der Waals surface area (Å²) in [5.41, 5.74) is 0.605. The van der Waals surface area contributed by atoms with Crippen LogP contribution in [-0.4, -0.2) is 27.4 Å². The van der Waals surface area contributed by atoms with Gasteiger partial charge in [0.1, 0.15) is 0 Å². The first-order valence-electron chi connectivity index (χ1n) is 6.09. The molecule has 0 amide bonds. The number of hydrogen-bond donors (Lipinski definition) is 0. The second-order valence-electron chi connectivity index (χ2n) is 4.16. The van der Waals surface area contributed by atoms with Gasteiger partial charge in [-0.25, -0.2) is 8.42 Å². The maximum absolute atomic E-state index is 12.1. The summed E-state index contributed by atoms with van der Waals surface area (Å²) < 4.78 is 35.1. The van der Waals surface area contributed by atoms with E-state index in [0.29, 0.717) is 18.8 Å². The van der Waals surface area contributed by atoms with Gasteiger partial charge in [0.05, 0.1) is 35.5 Å². The lowest BCUT2D eigenvalue weighted by atomic mass is 10.1. The predicted octanol–water partition coefficient (Wildman–Crippen LogP) is 1.79. The first-order valence-corrected chi connectivity index (χ1v) is 7.74. The van der Waals surface area contributed by atoms with Crippen molar-refractivity contribution in [3.05, 3.63) is 29.3 Å². The molecule has 0 aromatic heterocycles. The Bertz CT molecular complexity index is 598. The van der Waals surface area contributed by atoms with Gasteiger partial charge in [0, 0.05) is 5.56 Å². The molecule has 6 heteroatoms. The number of benzene rings is 1. The van der Waals surface area contributed by atoms with Crippen molar-refractivity contribution < 1.29 is 17.9 Å². The van der Waals surface area contributed by atoms with Crippen molar-refractivity contribution >= 4 is 9.84 Å². The van der Waals surface area contributed by atoms with E-state index >= 15 is 0 Å². The summed E-state index contributed by atoms with van der Waals surface area (Å²) in [5.74, 6) is -0.0262. The van der Waals surface area contributed by atoms with E-state index in [0.717, 1.165) is 6.42 Å². The zero-order valence-electron chi connectivity index (χ0n) is 10.6. The Morgan fingerprint density at radius 3 is 2.63 bits per heavy atom. The van der Waals surface area contributed by atoms with Gasteiger partial charge in [0.25, 0.3) is 0 Å². The molecule has 0 aliphatic carbocycles. The smallest absolute Gasteiger partial charge is 0.186 e. The third-order valence-corrected chi connectivity index (χ3v) is 4.75. The van der Waals surface area contributed by atoms with Crippen LogP contribution in [0.4, 0.5) is 0 Å². The maximum atomic E-state index is 12.1. The average molecular weight is 281 g/mol. The van der Waals surface area contributed by atoms with Gasteiger partial charge < -0.3 is 9.47 Å². The van der Waals surface area contributed by atoms with Crippen molar-refractivity contribution in [2.75, 3.05) is 19.0 Å². The molecule has 2 rings (SSSR count). The molecule has 0 N–H and O–H groups in total. The maximum Gasteiger partial charge on any atom is 0.186 e. The summed E-state index contributed by atoms with van der Waals surface area (Å²) in [5, 5.41) is 9.16. The first kappa shape index (κ1) is 14.0. The molecule has 1 fully saturated rings. The summed E-state index contributed by atoms with van der Waals surface area (Å²) in [6, 6.07) is 6.64. The lowest BCUT2D eigenvalue weighted by Gasteiger charge is -2.25. The molecule has 102 valence electrons. The summed E-state index contributed by atoms with van der Waals surface area (Å²) in [4.78, 5) is 0.126. The second kappa shape index (κ2) is 5.70. The Hall–Kier alpha value is -1.42. The van der Waals surface area contributed by atoms with Gasteiger partial charge >= 0.3 is 0 Å². The van der Waals surface area contributed by atoms with Crippen molar-refractivity contribution in [2.24, 2.45) is 0 Å². The Kier molecular flexibility index (Phi) is 4.20. The molecule has 1 aliphatic heterocycles. The van der Waals surface area contributed by atoms with Gasteiger partial charge in [-0.05, 0) is 18.6 Å². The minimum Gasteiger partial charge on any atom is -0.348 e. The minimum absolute atomic E-state index is 0.0262. The van der Waals surface area contributed by atoms with Crippen molar-refractivity contribution in [1.29, 1.82) is 5.26 Å². The highest BCUT2D eigenvalue weighted by Gasteiger charge is 2.28. The van der Waals surface area contributed by atoms with E-state index in [-0.39, 0.29) is 16.2 Å². The highest BCUT2D eigenvalue weighted by Crippen LogP contribution is 2.31. The summed E-state index contributed by atoms with van der Waals surface area (Å²) >= 11 is 0. The van der Waals surface area contributed by atoms with Crippen LogP contribution in [0.3, 0.4) is 0 Å². The van der Waals surface area contributed by atoms with E-state index in [1.54, 1.807) is 19.1 Å². The summed E-state index contributed by atoms with van der Waals surface area (Å²) in [6.07, 6.45) is -0.0120. The Balaban J connectivity index is 2.58. The van der Waals surface area contributed by atoms with Crippen LogP contribution in [0.5, 0.6) is 0 Å². The van der Waals surface area contributed by atoms with Gasteiger partial charge in [-0.1, -0.05) is 13.0 Å². The SMILES string of the molecule is CCS(=O)(=O)c1cccc(C#N)c1C1OCCCO1. The monoisotopic (exact) mass is 281 g/mol. The number of ether oxygens (including phenoxy) is 2. The summed E-state index contributed by atoms with van der Waals surface area (Å²) in [6.45, 7) is 2.56. The molecule has 1 saturated heterocycles. The van der Waals surface area contributed by atoms with Crippen LogP contribution in [0.1, 0.15) is 30.8 Å². The molecular formula is C13H15NO4S. The van der Waals surface area contributed by atoms with Crippen LogP contribution < -0.4 is 0 Å². The number of hydrogen-bond acceptors (Lipinski definition) is 5. The molecule has 0 radical (unpaired) electrons. The number of nitriles is 1. The molecule has 0 saturated carbocycles. The van der Waals surface area contributed by atoms with Crippen LogP contribution in [0.15, 0.2) is 23.1 Å². The van der Waals surface area contributed by atoms with Crippen molar-refractivity contribution in [3.8, 4) is 6.07 Å². The molecule has 0 bridgehead atoms. The molecule has 1 aromatic carbocycles. The van der Waals surface area contributed by atoms with Crippen LogP contribution in [0.25, 0.3) is 0 Å². The molecule has 5 nitrogen and oxygen atoms in total. The lowest BCUT2D eigenvalue weighted by molar-refractivity contribution is -0.184.